The number of anilines is 1. The molecule has 1 aromatic rings. The van der Waals surface area contributed by atoms with E-state index in [9.17, 15) is 8.42 Å². The van der Waals surface area contributed by atoms with E-state index in [2.05, 4.69) is 20.0 Å². The van der Waals surface area contributed by atoms with Gasteiger partial charge in [0.05, 0.1) is 5.75 Å². The Bertz CT molecular complexity index is 572. The van der Waals surface area contributed by atoms with Crippen LogP contribution in [0.25, 0.3) is 0 Å². The Morgan fingerprint density at radius 3 is 2.63 bits per heavy atom. The molecule has 0 aromatic carbocycles. The minimum atomic E-state index is -3.22. The number of hydrogen-bond donors (Lipinski definition) is 2. The summed E-state index contributed by atoms with van der Waals surface area (Å²) in [6.07, 6.45) is 2.18. The second-order valence-electron chi connectivity index (χ2n) is 4.57. The molecule has 0 unspecified atom stereocenters. The van der Waals surface area contributed by atoms with Crippen molar-refractivity contribution in [3.63, 3.8) is 0 Å². The Morgan fingerprint density at radius 2 is 2.05 bits per heavy atom. The highest BCUT2D eigenvalue weighted by molar-refractivity contribution is 7.89. The van der Waals surface area contributed by atoms with Gasteiger partial charge in [0.25, 0.3) is 0 Å². The van der Waals surface area contributed by atoms with Gasteiger partial charge in [-0.3, -0.25) is 0 Å². The van der Waals surface area contributed by atoms with Gasteiger partial charge in [-0.25, -0.2) is 23.1 Å². The molecule has 0 saturated heterocycles. The number of nitrogens with one attached hydrogen (secondary N) is 2. The standard InChI is InChI=1S/C11H17ClN4O2S/c1-7-9(12)15-11(8-3-4-8)16-10(7)14-5-6-19(17,18)13-2/h8,13H,3-6H2,1-2H3,(H,14,15,16). The molecular weight excluding hydrogens is 288 g/mol. The Morgan fingerprint density at radius 1 is 1.37 bits per heavy atom. The maximum absolute atomic E-state index is 11.3. The molecule has 2 N–H and O–H groups in total. The second-order valence-corrected chi connectivity index (χ2v) is 6.97. The minimum absolute atomic E-state index is 0.0106. The fourth-order valence-corrected chi connectivity index (χ4v) is 2.36. The maximum Gasteiger partial charge on any atom is 0.213 e. The summed E-state index contributed by atoms with van der Waals surface area (Å²) in [5, 5.41) is 3.44. The third-order valence-corrected chi connectivity index (χ3v) is 4.75. The van der Waals surface area contributed by atoms with Crippen LogP contribution in [0, 0.1) is 6.92 Å². The van der Waals surface area contributed by atoms with E-state index in [4.69, 9.17) is 11.6 Å². The summed E-state index contributed by atoms with van der Waals surface area (Å²) in [6.45, 7) is 2.09. The molecular formula is C11H17ClN4O2S. The first-order chi connectivity index (χ1) is 8.93. The highest BCUT2D eigenvalue weighted by atomic mass is 35.5. The third kappa shape index (κ3) is 3.77. The van der Waals surface area contributed by atoms with E-state index < -0.39 is 10.0 Å². The summed E-state index contributed by atoms with van der Waals surface area (Å²) in [6, 6.07) is 0. The van der Waals surface area contributed by atoms with Crippen LogP contribution in [0.2, 0.25) is 5.15 Å². The highest BCUT2D eigenvalue weighted by Gasteiger charge is 2.28. The summed E-state index contributed by atoms with van der Waals surface area (Å²) < 4.78 is 24.9. The first kappa shape index (κ1) is 14.5. The fraction of sp³-hybridized carbons (Fsp3) is 0.636. The number of hydrogen-bond acceptors (Lipinski definition) is 5. The number of nitrogens with zero attached hydrogens (tertiary/aromatic N) is 2. The molecule has 0 radical (unpaired) electrons. The van der Waals surface area contributed by atoms with Crippen molar-refractivity contribution in [2.75, 3.05) is 24.7 Å². The van der Waals surface area contributed by atoms with Gasteiger partial charge in [0.2, 0.25) is 10.0 Å². The van der Waals surface area contributed by atoms with Gasteiger partial charge in [-0.15, -0.1) is 0 Å². The summed E-state index contributed by atoms with van der Waals surface area (Å²) in [4.78, 5) is 8.67. The SMILES string of the molecule is CNS(=O)(=O)CCNc1nc(C2CC2)nc(Cl)c1C. The van der Waals surface area contributed by atoms with Gasteiger partial charge in [0.1, 0.15) is 16.8 Å². The van der Waals surface area contributed by atoms with Gasteiger partial charge >= 0.3 is 0 Å². The molecule has 1 aliphatic carbocycles. The summed E-state index contributed by atoms with van der Waals surface area (Å²) >= 11 is 6.07. The maximum atomic E-state index is 11.3. The van der Waals surface area contributed by atoms with E-state index in [1.54, 1.807) is 0 Å². The monoisotopic (exact) mass is 304 g/mol. The van der Waals surface area contributed by atoms with Crippen molar-refractivity contribution in [1.29, 1.82) is 0 Å². The number of rotatable bonds is 6. The second kappa shape index (κ2) is 5.60. The van der Waals surface area contributed by atoms with Gasteiger partial charge < -0.3 is 5.32 Å². The number of aromatic nitrogens is 2. The van der Waals surface area contributed by atoms with Crippen molar-refractivity contribution in [2.45, 2.75) is 25.7 Å². The Balaban J connectivity index is 2.07. The van der Waals surface area contributed by atoms with Crippen molar-refractivity contribution >= 4 is 27.4 Å². The van der Waals surface area contributed by atoms with Gasteiger partial charge in [-0.05, 0) is 26.8 Å². The van der Waals surface area contributed by atoms with Crippen LogP contribution in [-0.4, -0.2) is 37.7 Å². The molecule has 0 amide bonds. The van der Waals surface area contributed by atoms with Crippen molar-refractivity contribution in [3.05, 3.63) is 16.5 Å². The Labute approximate surface area is 118 Å². The van der Waals surface area contributed by atoms with Crippen LogP contribution in [0.3, 0.4) is 0 Å². The van der Waals surface area contributed by atoms with E-state index in [0.717, 1.165) is 24.2 Å². The molecule has 1 saturated carbocycles. The quantitative estimate of drug-likeness (QED) is 0.773. The normalized spacial score (nSPS) is 15.5. The van der Waals surface area contributed by atoms with E-state index >= 15 is 0 Å². The van der Waals surface area contributed by atoms with E-state index in [1.165, 1.54) is 7.05 Å². The molecule has 6 nitrogen and oxygen atoms in total. The fourth-order valence-electron chi connectivity index (χ4n) is 1.61. The first-order valence-electron chi connectivity index (χ1n) is 6.12. The molecule has 8 heteroatoms. The van der Waals surface area contributed by atoms with Crippen LogP contribution in [0.5, 0.6) is 0 Å². The average Bonchev–Trinajstić information content (AvgIpc) is 3.18. The zero-order valence-corrected chi connectivity index (χ0v) is 12.5. The first-order valence-corrected chi connectivity index (χ1v) is 8.15. The van der Waals surface area contributed by atoms with Crippen LogP contribution in [0.4, 0.5) is 5.82 Å². The lowest BCUT2D eigenvalue weighted by molar-refractivity contribution is 0.588. The molecule has 2 rings (SSSR count). The minimum Gasteiger partial charge on any atom is -0.369 e. The van der Waals surface area contributed by atoms with Crippen LogP contribution in [0.1, 0.15) is 30.1 Å². The van der Waals surface area contributed by atoms with Crippen LogP contribution < -0.4 is 10.0 Å². The smallest absolute Gasteiger partial charge is 0.213 e. The molecule has 106 valence electrons. The third-order valence-electron chi connectivity index (χ3n) is 3.02. The number of halogens is 1. The van der Waals surface area contributed by atoms with Gasteiger partial charge in [-0.1, -0.05) is 11.6 Å². The number of sulfonamides is 1. The molecule has 0 spiro atoms. The molecule has 1 aromatic heterocycles. The van der Waals surface area contributed by atoms with Crippen molar-refractivity contribution in [2.24, 2.45) is 0 Å². The lowest BCUT2D eigenvalue weighted by atomic mass is 10.3. The predicted molar refractivity (Wildman–Crippen MR) is 75.1 cm³/mol. The lowest BCUT2D eigenvalue weighted by Gasteiger charge is -2.11. The van der Waals surface area contributed by atoms with Gasteiger partial charge in [0.15, 0.2) is 0 Å². The zero-order chi connectivity index (χ0) is 14.0. The van der Waals surface area contributed by atoms with Gasteiger partial charge in [-0.2, -0.15) is 0 Å². The largest absolute Gasteiger partial charge is 0.369 e. The lowest BCUT2D eigenvalue weighted by Crippen LogP contribution is -2.26. The Hall–Kier alpha value is -0.920. The van der Waals surface area contributed by atoms with Crippen LogP contribution >= 0.6 is 11.6 Å². The zero-order valence-electron chi connectivity index (χ0n) is 10.9. The summed E-state index contributed by atoms with van der Waals surface area (Å²) in [7, 11) is -1.82. The molecule has 1 fully saturated rings. The van der Waals surface area contributed by atoms with Crippen molar-refractivity contribution in [3.8, 4) is 0 Å². The molecule has 0 atom stereocenters. The van der Waals surface area contributed by atoms with E-state index in [-0.39, 0.29) is 12.3 Å². The molecule has 0 bridgehead atoms. The average molecular weight is 305 g/mol. The predicted octanol–water partition coefficient (Wildman–Crippen LogP) is 1.28. The summed E-state index contributed by atoms with van der Waals surface area (Å²) in [5.41, 5.74) is 0.743. The summed E-state index contributed by atoms with van der Waals surface area (Å²) in [5.74, 6) is 1.76. The van der Waals surface area contributed by atoms with Crippen LogP contribution in [0.15, 0.2) is 0 Å². The molecule has 1 heterocycles. The highest BCUT2D eigenvalue weighted by Crippen LogP contribution is 2.39. The van der Waals surface area contributed by atoms with E-state index in [0.29, 0.717) is 16.9 Å². The van der Waals surface area contributed by atoms with E-state index in [1.807, 2.05) is 6.92 Å². The van der Waals surface area contributed by atoms with Crippen molar-refractivity contribution in [1.82, 2.24) is 14.7 Å². The topological polar surface area (TPSA) is 84.0 Å². The van der Waals surface area contributed by atoms with Crippen LogP contribution in [-0.2, 0) is 10.0 Å². The van der Waals surface area contributed by atoms with Crippen molar-refractivity contribution < 1.29 is 8.42 Å². The van der Waals surface area contributed by atoms with Gasteiger partial charge in [0, 0.05) is 18.0 Å². The molecule has 0 aliphatic heterocycles. The molecule has 19 heavy (non-hydrogen) atoms. The molecule has 1 aliphatic rings. The Kier molecular flexibility index (Phi) is 4.27.